The molecule has 1 unspecified atom stereocenters. The molecule has 0 aliphatic carbocycles. The van der Waals surface area contributed by atoms with Gasteiger partial charge in [-0.25, -0.2) is 9.13 Å². The highest BCUT2D eigenvalue weighted by Crippen LogP contribution is 2.18. The third kappa shape index (κ3) is 5.04. The van der Waals surface area contributed by atoms with Crippen LogP contribution in [0.2, 0.25) is 0 Å². The molecule has 3 rings (SSSR count). The van der Waals surface area contributed by atoms with Crippen LogP contribution < -0.4 is 15.0 Å². The average molecular weight is 383 g/mol. The maximum atomic E-state index is 10.5. The fourth-order valence-electron chi connectivity index (χ4n) is 3.59. The van der Waals surface area contributed by atoms with Crippen molar-refractivity contribution in [3.63, 3.8) is 0 Å². The number of nitrogens with two attached hydrogens (primary N) is 1. The van der Waals surface area contributed by atoms with Gasteiger partial charge in [-0.05, 0) is 30.7 Å². The molecule has 0 fully saturated rings. The van der Waals surface area contributed by atoms with Crippen LogP contribution in [0, 0.1) is 0 Å². The summed E-state index contributed by atoms with van der Waals surface area (Å²) in [5.41, 5.74) is 8.65. The number of benzene rings is 2. The van der Waals surface area contributed by atoms with Crippen molar-refractivity contribution >= 4 is 17.0 Å². The van der Waals surface area contributed by atoms with Crippen molar-refractivity contribution in [1.29, 1.82) is 0 Å². The molecule has 0 amide bonds. The fraction of sp³-hybridized carbons (Fsp3) is 0.435. The van der Waals surface area contributed by atoms with E-state index in [9.17, 15) is 5.11 Å². The number of fused-ring (bicyclic) bond motifs is 1. The molecule has 150 valence electrons. The minimum absolute atomic E-state index is 0.229. The molecule has 1 atom stereocenters. The highest BCUT2D eigenvalue weighted by Gasteiger charge is 2.22. The number of hydrogen-bond donors (Lipinski definition) is 2. The standard InChI is InChI=1S/C23H31N3O2/c1-2-3-4-5-11-16-25-21-14-9-10-15-22(21)26(23(25)24)17-19(27)18-28-20-12-7-6-8-13-20/h6-10,12-15,19,24,27H,2-5,11,16-18H2,1H3/p+1. The van der Waals surface area contributed by atoms with Crippen molar-refractivity contribution < 1.29 is 14.4 Å². The summed E-state index contributed by atoms with van der Waals surface area (Å²) < 4.78 is 9.86. The first-order valence-corrected chi connectivity index (χ1v) is 10.3. The Morgan fingerprint density at radius 1 is 1.00 bits per heavy atom. The number of anilines is 1. The van der Waals surface area contributed by atoms with E-state index in [4.69, 9.17) is 10.5 Å². The summed E-state index contributed by atoms with van der Waals surface area (Å²) in [5, 5.41) is 10.5. The molecule has 28 heavy (non-hydrogen) atoms. The Morgan fingerprint density at radius 3 is 2.50 bits per heavy atom. The Bertz CT molecular complexity index is 861. The van der Waals surface area contributed by atoms with E-state index in [0.29, 0.717) is 12.5 Å². The number of para-hydroxylation sites is 3. The molecule has 1 aromatic heterocycles. The fourth-order valence-corrected chi connectivity index (χ4v) is 3.59. The van der Waals surface area contributed by atoms with Crippen molar-refractivity contribution in [2.45, 2.75) is 58.2 Å². The number of aryl methyl sites for hydroxylation is 1. The number of nitrogen functional groups attached to an aromatic ring is 1. The molecule has 5 heteroatoms. The number of rotatable bonds is 11. The van der Waals surface area contributed by atoms with Crippen LogP contribution in [-0.4, -0.2) is 22.4 Å². The third-order valence-corrected chi connectivity index (χ3v) is 5.08. The molecular formula is C23H32N3O2+. The van der Waals surface area contributed by atoms with Crippen molar-refractivity contribution in [1.82, 2.24) is 4.57 Å². The van der Waals surface area contributed by atoms with Crippen LogP contribution >= 0.6 is 0 Å². The lowest BCUT2D eigenvalue weighted by molar-refractivity contribution is -0.665. The number of aliphatic hydroxyl groups excluding tert-OH is 1. The number of unbranched alkanes of at least 4 members (excludes halogenated alkanes) is 4. The minimum Gasteiger partial charge on any atom is -0.491 e. The third-order valence-electron chi connectivity index (χ3n) is 5.08. The topological polar surface area (TPSA) is 64.3 Å². The number of imidazole rings is 1. The van der Waals surface area contributed by atoms with E-state index < -0.39 is 6.10 Å². The molecular weight excluding hydrogens is 350 g/mol. The average Bonchev–Trinajstić information content (AvgIpc) is 2.99. The molecule has 1 heterocycles. The van der Waals surface area contributed by atoms with Crippen LogP contribution in [0.5, 0.6) is 5.75 Å². The van der Waals surface area contributed by atoms with Gasteiger partial charge in [-0.15, -0.1) is 0 Å². The Kier molecular flexibility index (Phi) is 7.31. The quantitative estimate of drug-likeness (QED) is 0.390. The van der Waals surface area contributed by atoms with E-state index in [1.54, 1.807) is 0 Å². The van der Waals surface area contributed by atoms with E-state index in [1.807, 2.05) is 47.0 Å². The second-order valence-electron chi connectivity index (χ2n) is 7.30. The molecule has 3 N–H and O–H groups in total. The van der Waals surface area contributed by atoms with Gasteiger partial charge >= 0.3 is 5.95 Å². The Morgan fingerprint density at radius 2 is 1.71 bits per heavy atom. The number of hydrogen-bond acceptors (Lipinski definition) is 3. The molecule has 5 nitrogen and oxygen atoms in total. The van der Waals surface area contributed by atoms with Gasteiger partial charge in [-0.3, -0.25) is 5.73 Å². The van der Waals surface area contributed by atoms with Crippen molar-refractivity contribution in [2.75, 3.05) is 12.3 Å². The molecule has 0 aliphatic heterocycles. The maximum Gasteiger partial charge on any atom is 0.356 e. The second kappa shape index (κ2) is 10.1. The van der Waals surface area contributed by atoms with E-state index >= 15 is 0 Å². The largest absolute Gasteiger partial charge is 0.491 e. The number of ether oxygens (including phenoxy) is 1. The van der Waals surface area contributed by atoms with Crippen molar-refractivity contribution in [2.24, 2.45) is 0 Å². The second-order valence-corrected chi connectivity index (χ2v) is 7.30. The highest BCUT2D eigenvalue weighted by molar-refractivity contribution is 5.73. The zero-order chi connectivity index (χ0) is 19.8. The van der Waals surface area contributed by atoms with Crippen molar-refractivity contribution in [3.8, 4) is 5.75 Å². The maximum absolute atomic E-state index is 10.5. The minimum atomic E-state index is -0.642. The van der Waals surface area contributed by atoms with Gasteiger partial charge in [0, 0.05) is 0 Å². The van der Waals surface area contributed by atoms with Crippen LogP contribution in [0.15, 0.2) is 54.6 Å². The first kappa shape index (κ1) is 20.2. The SMILES string of the molecule is CCCCCCCn1c(N)[n+](CC(O)COc2ccccc2)c2ccccc21. The van der Waals surface area contributed by atoms with Gasteiger partial charge in [0.05, 0.1) is 6.54 Å². The summed E-state index contributed by atoms with van der Waals surface area (Å²) in [4.78, 5) is 0. The van der Waals surface area contributed by atoms with Crippen LogP contribution in [0.1, 0.15) is 39.0 Å². The zero-order valence-electron chi connectivity index (χ0n) is 16.8. The summed E-state index contributed by atoms with van der Waals surface area (Å²) in [6.07, 6.45) is 5.49. The normalized spacial score (nSPS) is 12.4. The molecule has 0 saturated carbocycles. The van der Waals surface area contributed by atoms with Gasteiger partial charge in [0.1, 0.15) is 36.0 Å². The predicted molar refractivity (Wildman–Crippen MR) is 113 cm³/mol. The number of nitrogens with zero attached hydrogens (tertiary/aromatic N) is 2. The summed E-state index contributed by atoms with van der Waals surface area (Å²) in [7, 11) is 0. The summed E-state index contributed by atoms with van der Waals surface area (Å²) in [5.74, 6) is 1.45. The van der Waals surface area contributed by atoms with Crippen LogP contribution in [-0.2, 0) is 13.1 Å². The molecule has 0 radical (unpaired) electrons. The molecule has 2 aromatic carbocycles. The number of aromatic nitrogens is 2. The van der Waals surface area contributed by atoms with Crippen LogP contribution in [0.3, 0.4) is 0 Å². The lowest BCUT2D eigenvalue weighted by Gasteiger charge is -2.12. The monoisotopic (exact) mass is 382 g/mol. The van der Waals surface area contributed by atoms with Crippen LogP contribution in [0.25, 0.3) is 11.0 Å². The van der Waals surface area contributed by atoms with E-state index in [2.05, 4.69) is 23.6 Å². The van der Waals surface area contributed by atoms with Crippen molar-refractivity contribution in [3.05, 3.63) is 54.6 Å². The van der Waals surface area contributed by atoms with Gasteiger partial charge < -0.3 is 9.84 Å². The van der Waals surface area contributed by atoms with Gasteiger partial charge in [0.15, 0.2) is 0 Å². The first-order chi connectivity index (χ1) is 13.7. The molecule has 0 aliphatic rings. The lowest BCUT2D eigenvalue weighted by atomic mass is 10.1. The Balaban J connectivity index is 1.69. The molecule has 0 spiro atoms. The van der Waals surface area contributed by atoms with E-state index in [-0.39, 0.29) is 6.61 Å². The Hall–Kier alpha value is -2.53. The molecule has 3 aromatic rings. The summed E-state index contributed by atoms with van der Waals surface area (Å²) in [6, 6.07) is 17.8. The summed E-state index contributed by atoms with van der Waals surface area (Å²) >= 11 is 0. The van der Waals surface area contributed by atoms with E-state index in [0.717, 1.165) is 29.7 Å². The predicted octanol–water partition coefficient (Wildman–Crippen LogP) is 3.92. The molecule has 0 saturated heterocycles. The van der Waals surface area contributed by atoms with Crippen LogP contribution in [0.4, 0.5) is 5.95 Å². The number of aliphatic hydroxyl groups is 1. The smallest absolute Gasteiger partial charge is 0.356 e. The van der Waals surface area contributed by atoms with Gasteiger partial charge in [-0.2, -0.15) is 0 Å². The van der Waals surface area contributed by atoms with E-state index in [1.165, 1.54) is 25.7 Å². The van der Waals surface area contributed by atoms with Gasteiger partial charge in [-0.1, -0.05) is 62.9 Å². The zero-order valence-corrected chi connectivity index (χ0v) is 16.8. The summed E-state index contributed by atoms with van der Waals surface area (Å²) in [6.45, 7) is 3.77. The van der Waals surface area contributed by atoms with Gasteiger partial charge in [0.2, 0.25) is 0 Å². The van der Waals surface area contributed by atoms with Gasteiger partial charge in [0.25, 0.3) is 0 Å². The lowest BCUT2D eigenvalue weighted by Crippen LogP contribution is -2.43. The highest BCUT2D eigenvalue weighted by atomic mass is 16.5. The first-order valence-electron chi connectivity index (χ1n) is 10.3. The Labute approximate surface area is 167 Å². The molecule has 0 bridgehead atoms.